The molecule has 0 aliphatic rings. The van der Waals surface area contributed by atoms with Crippen LogP contribution >= 0.6 is 11.6 Å². The molecule has 0 saturated heterocycles. The molecule has 3 heterocycles. The lowest BCUT2D eigenvalue weighted by Crippen LogP contribution is -2.15. The summed E-state index contributed by atoms with van der Waals surface area (Å²) in [5.41, 5.74) is 1.23. The second-order valence-electron chi connectivity index (χ2n) is 7.81. The topological polar surface area (TPSA) is 119 Å². The van der Waals surface area contributed by atoms with Gasteiger partial charge in [0.1, 0.15) is 0 Å². The van der Waals surface area contributed by atoms with Crippen LogP contribution in [-0.4, -0.2) is 46.1 Å². The van der Waals surface area contributed by atoms with Gasteiger partial charge in [-0.2, -0.15) is 28.6 Å². The van der Waals surface area contributed by atoms with Crippen molar-refractivity contribution >= 4 is 23.3 Å². The van der Waals surface area contributed by atoms with Crippen molar-refractivity contribution in [3.63, 3.8) is 0 Å². The van der Waals surface area contributed by atoms with Crippen LogP contribution in [0, 0.1) is 0 Å². The number of benzene rings is 2. The van der Waals surface area contributed by atoms with Crippen LogP contribution < -0.4 is 5.32 Å². The lowest BCUT2D eigenvalue weighted by molar-refractivity contribution is -0.137. The molecule has 188 valence electrons. The molecule has 3 aromatic heterocycles. The Balaban J connectivity index is 1.41. The molecular formula is C23H17ClF3N9O. The molecule has 1 amide bonds. The van der Waals surface area contributed by atoms with Crippen molar-refractivity contribution in [1.29, 1.82) is 0 Å². The highest BCUT2D eigenvalue weighted by Crippen LogP contribution is 2.31. The van der Waals surface area contributed by atoms with Crippen molar-refractivity contribution < 1.29 is 18.0 Å². The van der Waals surface area contributed by atoms with Gasteiger partial charge in [0.25, 0.3) is 5.91 Å². The van der Waals surface area contributed by atoms with Crippen LogP contribution in [0.4, 0.5) is 19.0 Å². The van der Waals surface area contributed by atoms with E-state index in [2.05, 4.69) is 36.1 Å². The zero-order valence-electron chi connectivity index (χ0n) is 19.0. The van der Waals surface area contributed by atoms with E-state index >= 15 is 0 Å². The number of aromatic nitrogens is 8. The molecule has 2 aromatic carbocycles. The maximum atomic E-state index is 13.2. The highest BCUT2D eigenvalue weighted by Gasteiger charge is 2.31. The smallest absolute Gasteiger partial charge is 0.305 e. The minimum absolute atomic E-state index is 0.201. The zero-order chi connectivity index (χ0) is 26.2. The summed E-state index contributed by atoms with van der Waals surface area (Å²) in [5.74, 6) is 0.0517. The number of rotatable bonds is 6. The van der Waals surface area contributed by atoms with Crippen LogP contribution in [0.3, 0.4) is 0 Å². The lowest BCUT2D eigenvalue weighted by atomic mass is 10.1. The van der Waals surface area contributed by atoms with Gasteiger partial charge in [0.05, 0.1) is 40.0 Å². The minimum Gasteiger partial charge on any atom is -0.305 e. The summed E-state index contributed by atoms with van der Waals surface area (Å²) in [5, 5.41) is 25.7. The molecule has 0 radical (unpaired) electrons. The molecule has 14 heteroatoms. The normalized spacial score (nSPS) is 11.6. The van der Waals surface area contributed by atoms with E-state index in [1.165, 1.54) is 27.7 Å². The lowest BCUT2D eigenvalue weighted by Gasteiger charge is -2.11. The average Bonchev–Trinajstić information content (AvgIpc) is 3.64. The van der Waals surface area contributed by atoms with E-state index in [1.54, 1.807) is 37.4 Å². The van der Waals surface area contributed by atoms with E-state index in [1.807, 2.05) is 0 Å². The van der Waals surface area contributed by atoms with Gasteiger partial charge in [-0.1, -0.05) is 24.6 Å². The Morgan fingerprint density at radius 3 is 2.73 bits per heavy atom. The molecule has 10 nitrogen and oxygen atoms in total. The Labute approximate surface area is 212 Å². The fraction of sp³-hybridized carbons (Fsp3) is 0.130. The van der Waals surface area contributed by atoms with E-state index < -0.39 is 17.6 Å². The van der Waals surface area contributed by atoms with Gasteiger partial charge in [-0.25, -0.2) is 9.36 Å². The molecule has 0 spiro atoms. The van der Waals surface area contributed by atoms with E-state index in [0.717, 1.165) is 12.1 Å². The number of H-pyrrole nitrogens is 1. The molecule has 0 fully saturated rings. The summed E-state index contributed by atoms with van der Waals surface area (Å²) >= 11 is 6.13. The first kappa shape index (κ1) is 24.2. The monoisotopic (exact) mass is 527 g/mol. The third kappa shape index (κ3) is 4.80. The first-order chi connectivity index (χ1) is 17.7. The van der Waals surface area contributed by atoms with Crippen molar-refractivity contribution in [3.8, 4) is 22.8 Å². The van der Waals surface area contributed by atoms with Crippen molar-refractivity contribution in [2.45, 2.75) is 19.5 Å². The summed E-state index contributed by atoms with van der Waals surface area (Å²) in [4.78, 5) is 13.1. The number of nitrogens with zero attached hydrogens (tertiary/aromatic N) is 7. The van der Waals surface area contributed by atoms with Gasteiger partial charge >= 0.3 is 6.18 Å². The fourth-order valence-corrected chi connectivity index (χ4v) is 3.98. The SMILES string of the molecule is CCc1c(C(=O)Nc2ccn(-c3ccc(Cl)cc3-c3nn[nH]n3)n2)cnn1-c1cccc(C(F)(F)F)c1. The van der Waals surface area contributed by atoms with Crippen LogP contribution in [0.25, 0.3) is 22.8 Å². The van der Waals surface area contributed by atoms with Crippen LogP contribution in [0.1, 0.15) is 28.5 Å². The Hall–Kier alpha value is -4.52. The van der Waals surface area contributed by atoms with Gasteiger partial charge in [0, 0.05) is 17.3 Å². The Morgan fingerprint density at radius 2 is 2.00 bits per heavy atom. The van der Waals surface area contributed by atoms with E-state index in [9.17, 15) is 18.0 Å². The third-order valence-electron chi connectivity index (χ3n) is 5.49. The van der Waals surface area contributed by atoms with Crippen LogP contribution in [-0.2, 0) is 12.6 Å². The molecule has 5 rings (SSSR count). The maximum absolute atomic E-state index is 13.2. The van der Waals surface area contributed by atoms with E-state index in [0.29, 0.717) is 34.2 Å². The molecule has 0 saturated carbocycles. The quantitative estimate of drug-likeness (QED) is 0.329. The van der Waals surface area contributed by atoms with Crippen molar-refractivity contribution in [3.05, 3.63) is 82.8 Å². The third-order valence-corrected chi connectivity index (χ3v) is 5.72. The van der Waals surface area contributed by atoms with E-state index in [4.69, 9.17) is 11.6 Å². The Kier molecular flexibility index (Phi) is 6.21. The first-order valence-electron chi connectivity index (χ1n) is 10.9. The molecular weight excluding hydrogens is 511 g/mol. The number of hydrogen-bond donors (Lipinski definition) is 2. The minimum atomic E-state index is -4.50. The fourth-order valence-electron chi connectivity index (χ4n) is 3.81. The average molecular weight is 528 g/mol. The van der Waals surface area contributed by atoms with Gasteiger partial charge < -0.3 is 5.32 Å². The number of hydrogen-bond acceptors (Lipinski definition) is 6. The second-order valence-corrected chi connectivity index (χ2v) is 8.25. The molecule has 0 bridgehead atoms. The molecule has 5 aromatic rings. The molecule has 0 aliphatic heterocycles. The summed E-state index contributed by atoms with van der Waals surface area (Å²) in [7, 11) is 0. The number of amides is 1. The van der Waals surface area contributed by atoms with Crippen LogP contribution in [0.5, 0.6) is 0 Å². The van der Waals surface area contributed by atoms with E-state index in [-0.39, 0.29) is 17.1 Å². The maximum Gasteiger partial charge on any atom is 0.416 e. The predicted octanol–water partition coefficient (Wildman–Crippen LogP) is 4.73. The summed E-state index contributed by atoms with van der Waals surface area (Å²) < 4.78 is 42.4. The Morgan fingerprint density at radius 1 is 1.16 bits per heavy atom. The van der Waals surface area contributed by atoms with Gasteiger partial charge in [0.2, 0.25) is 5.82 Å². The highest BCUT2D eigenvalue weighted by molar-refractivity contribution is 6.31. The Bertz CT molecular complexity index is 1570. The number of carbonyl (C=O) groups is 1. The van der Waals surface area contributed by atoms with Gasteiger partial charge in [-0.05, 0) is 48.0 Å². The number of alkyl halides is 3. The largest absolute Gasteiger partial charge is 0.416 e. The molecule has 0 aliphatic carbocycles. The number of tetrazole rings is 1. The van der Waals surface area contributed by atoms with Crippen LogP contribution in [0.2, 0.25) is 5.02 Å². The van der Waals surface area contributed by atoms with Crippen molar-refractivity contribution in [1.82, 2.24) is 40.2 Å². The van der Waals surface area contributed by atoms with Crippen LogP contribution in [0.15, 0.2) is 60.9 Å². The molecule has 0 unspecified atom stereocenters. The molecule has 0 atom stereocenters. The zero-order valence-corrected chi connectivity index (χ0v) is 19.8. The van der Waals surface area contributed by atoms with Crippen molar-refractivity contribution in [2.75, 3.05) is 5.32 Å². The van der Waals surface area contributed by atoms with Gasteiger partial charge in [0.15, 0.2) is 5.82 Å². The molecule has 2 N–H and O–H groups in total. The number of aromatic amines is 1. The first-order valence-corrected chi connectivity index (χ1v) is 11.3. The highest BCUT2D eigenvalue weighted by atomic mass is 35.5. The number of halogens is 4. The number of carbonyl (C=O) groups excluding carboxylic acids is 1. The number of nitrogens with one attached hydrogen (secondary N) is 2. The number of anilines is 1. The second kappa shape index (κ2) is 9.50. The summed E-state index contributed by atoms with van der Waals surface area (Å²) in [6, 6.07) is 11.4. The standard InChI is InChI=1S/C23H17ClF3N9O/c1-2-18-17(12-28-36(18)15-5-3-4-13(10-15)23(25,26)27)22(37)29-20-8-9-35(32-20)19-7-6-14(24)11-16(19)21-30-33-34-31-21/h3-12H,2H2,1H3,(H,29,32,37)(H,30,31,33,34). The molecule has 37 heavy (non-hydrogen) atoms. The predicted molar refractivity (Wildman–Crippen MR) is 128 cm³/mol. The van der Waals surface area contributed by atoms with Crippen molar-refractivity contribution in [2.24, 2.45) is 0 Å². The van der Waals surface area contributed by atoms with Gasteiger partial charge in [-0.3, -0.25) is 4.79 Å². The summed E-state index contributed by atoms with van der Waals surface area (Å²) in [6.45, 7) is 1.78. The summed E-state index contributed by atoms with van der Waals surface area (Å²) in [6.07, 6.45) is -1.19. The van der Waals surface area contributed by atoms with Gasteiger partial charge in [-0.15, -0.1) is 10.2 Å².